The minimum Gasteiger partial charge on any atom is -0.493 e. The molecule has 1 amide bonds. The number of nitrogens with zero attached hydrogens (tertiary/aromatic N) is 2. The van der Waals surface area contributed by atoms with Gasteiger partial charge in [-0.25, -0.2) is 0 Å². The highest BCUT2D eigenvalue weighted by molar-refractivity contribution is 5.96. The molecule has 2 heterocycles. The van der Waals surface area contributed by atoms with Crippen molar-refractivity contribution in [3.05, 3.63) is 71.3 Å². The lowest BCUT2D eigenvalue weighted by molar-refractivity contribution is 0.0949. The molecule has 0 unspecified atom stereocenters. The lowest BCUT2D eigenvalue weighted by atomic mass is 9.95. The number of rotatable bonds is 7. The minimum absolute atomic E-state index is 0.114. The predicted molar refractivity (Wildman–Crippen MR) is 124 cm³/mol. The summed E-state index contributed by atoms with van der Waals surface area (Å²) < 4.78 is 10.7. The third-order valence-corrected chi connectivity index (χ3v) is 6.01. The van der Waals surface area contributed by atoms with Crippen LogP contribution in [0.2, 0.25) is 0 Å². The normalized spacial score (nSPS) is 13.7. The fourth-order valence-corrected chi connectivity index (χ4v) is 4.32. The summed E-state index contributed by atoms with van der Waals surface area (Å²) in [6.07, 6.45) is 10.0. The van der Waals surface area contributed by atoms with Gasteiger partial charge in [0.2, 0.25) is 0 Å². The van der Waals surface area contributed by atoms with Crippen LogP contribution in [0.15, 0.2) is 48.9 Å². The summed E-state index contributed by atoms with van der Waals surface area (Å²) in [5, 5.41) is 3.07. The van der Waals surface area contributed by atoms with Crippen molar-refractivity contribution in [2.45, 2.75) is 45.1 Å². The third-order valence-electron chi connectivity index (χ3n) is 6.01. The topological polar surface area (TPSA) is 73.3 Å². The van der Waals surface area contributed by atoms with Crippen LogP contribution in [-0.2, 0) is 6.54 Å². The van der Waals surface area contributed by atoms with Gasteiger partial charge in [0.25, 0.3) is 5.91 Å². The second-order valence-electron chi connectivity index (χ2n) is 8.26. The molecule has 1 saturated carbocycles. The molecule has 4 rings (SSSR count). The van der Waals surface area contributed by atoms with Gasteiger partial charge in [0.15, 0.2) is 11.5 Å². The van der Waals surface area contributed by atoms with Gasteiger partial charge in [-0.15, -0.1) is 0 Å². The lowest BCUT2D eigenvalue weighted by Gasteiger charge is -2.16. The number of ether oxygens (including phenoxy) is 2. The highest BCUT2D eigenvalue weighted by Crippen LogP contribution is 2.36. The van der Waals surface area contributed by atoms with E-state index in [1.54, 1.807) is 14.2 Å². The molecule has 1 aliphatic carbocycles. The molecular formula is C26H29N3O3. The van der Waals surface area contributed by atoms with Crippen LogP contribution < -0.4 is 14.8 Å². The van der Waals surface area contributed by atoms with Crippen LogP contribution in [0.3, 0.4) is 0 Å². The number of aryl methyl sites for hydroxylation is 1. The van der Waals surface area contributed by atoms with E-state index in [0.29, 0.717) is 29.5 Å². The van der Waals surface area contributed by atoms with Gasteiger partial charge in [-0.05, 0) is 55.2 Å². The standard InChI is InChI=1S/C26H29N3O3/c1-17-10-20(15-27-13-17)21-12-22(25(28-16-21)19-6-4-5-7-19)26(30)29-14-18-8-9-23(31-2)24(11-18)32-3/h8-13,15-16,19H,4-7,14H2,1-3H3,(H,29,30). The Kier molecular flexibility index (Phi) is 6.69. The van der Waals surface area contributed by atoms with Crippen LogP contribution in [0.4, 0.5) is 0 Å². The van der Waals surface area contributed by atoms with E-state index in [-0.39, 0.29) is 5.91 Å². The van der Waals surface area contributed by atoms with Crippen molar-refractivity contribution in [1.29, 1.82) is 0 Å². The number of methoxy groups -OCH3 is 2. The van der Waals surface area contributed by atoms with E-state index < -0.39 is 0 Å². The summed E-state index contributed by atoms with van der Waals surface area (Å²) in [4.78, 5) is 22.4. The number of hydrogen-bond donors (Lipinski definition) is 1. The van der Waals surface area contributed by atoms with Crippen molar-refractivity contribution in [2.75, 3.05) is 14.2 Å². The van der Waals surface area contributed by atoms with Crippen molar-refractivity contribution < 1.29 is 14.3 Å². The monoisotopic (exact) mass is 431 g/mol. The van der Waals surface area contributed by atoms with E-state index in [0.717, 1.165) is 40.8 Å². The minimum atomic E-state index is -0.114. The smallest absolute Gasteiger partial charge is 0.253 e. The van der Waals surface area contributed by atoms with Crippen LogP contribution in [0.5, 0.6) is 11.5 Å². The molecule has 3 aromatic rings. The van der Waals surface area contributed by atoms with E-state index in [1.165, 1.54) is 12.8 Å². The predicted octanol–water partition coefficient (Wildman–Crippen LogP) is 5.06. The molecule has 0 bridgehead atoms. The molecule has 1 fully saturated rings. The number of carbonyl (C=O) groups is 1. The van der Waals surface area contributed by atoms with E-state index in [9.17, 15) is 4.79 Å². The van der Waals surface area contributed by atoms with Gasteiger partial charge in [0.05, 0.1) is 25.5 Å². The van der Waals surface area contributed by atoms with Crippen molar-refractivity contribution in [3.63, 3.8) is 0 Å². The number of pyridine rings is 2. The molecular weight excluding hydrogens is 402 g/mol. The Morgan fingerprint density at radius 3 is 2.47 bits per heavy atom. The summed E-state index contributed by atoms with van der Waals surface area (Å²) in [5.74, 6) is 1.52. The molecule has 0 aliphatic heterocycles. The maximum Gasteiger partial charge on any atom is 0.253 e. The van der Waals surface area contributed by atoms with Crippen molar-refractivity contribution in [2.24, 2.45) is 0 Å². The number of nitrogens with one attached hydrogen (secondary N) is 1. The molecule has 0 radical (unpaired) electrons. The molecule has 166 valence electrons. The molecule has 6 nitrogen and oxygen atoms in total. The number of benzene rings is 1. The quantitative estimate of drug-likeness (QED) is 0.566. The first kappa shape index (κ1) is 21.8. The second kappa shape index (κ2) is 9.81. The van der Waals surface area contributed by atoms with Gasteiger partial charge in [-0.3, -0.25) is 14.8 Å². The molecule has 1 N–H and O–H groups in total. The first-order valence-electron chi connectivity index (χ1n) is 11.0. The Hall–Kier alpha value is -3.41. The van der Waals surface area contributed by atoms with Gasteiger partial charge in [0.1, 0.15) is 0 Å². The number of aromatic nitrogens is 2. The van der Waals surface area contributed by atoms with Crippen LogP contribution in [0.25, 0.3) is 11.1 Å². The first-order valence-corrected chi connectivity index (χ1v) is 11.0. The fourth-order valence-electron chi connectivity index (χ4n) is 4.32. The Labute approximate surface area is 189 Å². The summed E-state index contributed by atoms with van der Waals surface area (Å²) in [6.45, 7) is 2.40. The largest absolute Gasteiger partial charge is 0.493 e. The van der Waals surface area contributed by atoms with Crippen LogP contribution in [0.1, 0.15) is 58.8 Å². The summed E-state index contributed by atoms with van der Waals surface area (Å²) >= 11 is 0. The molecule has 6 heteroatoms. The number of amides is 1. The lowest BCUT2D eigenvalue weighted by Crippen LogP contribution is -2.25. The van der Waals surface area contributed by atoms with Crippen molar-refractivity contribution >= 4 is 5.91 Å². The molecule has 0 spiro atoms. The first-order chi connectivity index (χ1) is 15.6. The van der Waals surface area contributed by atoms with Gasteiger partial charge in [-0.1, -0.05) is 18.9 Å². The zero-order valence-corrected chi connectivity index (χ0v) is 18.9. The van der Waals surface area contributed by atoms with Gasteiger partial charge in [0, 0.05) is 42.2 Å². The molecule has 2 aromatic heterocycles. The average Bonchev–Trinajstić information content (AvgIpc) is 3.36. The van der Waals surface area contributed by atoms with Crippen LogP contribution in [-0.4, -0.2) is 30.1 Å². The maximum atomic E-state index is 13.3. The zero-order chi connectivity index (χ0) is 22.5. The molecule has 0 saturated heterocycles. The number of hydrogen-bond acceptors (Lipinski definition) is 5. The fraction of sp³-hybridized carbons (Fsp3) is 0.346. The highest BCUT2D eigenvalue weighted by atomic mass is 16.5. The molecule has 0 atom stereocenters. The van der Waals surface area contributed by atoms with E-state index in [2.05, 4.69) is 16.4 Å². The average molecular weight is 432 g/mol. The molecule has 1 aliphatic rings. The molecule has 1 aromatic carbocycles. The third kappa shape index (κ3) is 4.74. The molecule has 32 heavy (non-hydrogen) atoms. The summed E-state index contributed by atoms with van der Waals surface area (Å²) in [5.41, 5.74) is 5.42. The summed E-state index contributed by atoms with van der Waals surface area (Å²) in [6, 6.07) is 9.67. The highest BCUT2D eigenvalue weighted by Gasteiger charge is 2.25. The van der Waals surface area contributed by atoms with Gasteiger partial charge < -0.3 is 14.8 Å². The SMILES string of the molecule is COc1ccc(CNC(=O)c2cc(-c3cncc(C)c3)cnc2C2CCCC2)cc1OC. The Morgan fingerprint density at radius 1 is 1.00 bits per heavy atom. The second-order valence-corrected chi connectivity index (χ2v) is 8.26. The van der Waals surface area contributed by atoms with Crippen molar-refractivity contribution in [1.82, 2.24) is 15.3 Å². The Bertz CT molecular complexity index is 1110. The Balaban J connectivity index is 1.61. The maximum absolute atomic E-state index is 13.3. The van der Waals surface area contributed by atoms with E-state index in [1.807, 2.05) is 49.8 Å². The summed E-state index contributed by atoms with van der Waals surface area (Å²) in [7, 11) is 3.21. The van der Waals surface area contributed by atoms with Gasteiger partial charge in [-0.2, -0.15) is 0 Å². The van der Waals surface area contributed by atoms with Crippen molar-refractivity contribution in [3.8, 4) is 22.6 Å². The van der Waals surface area contributed by atoms with E-state index in [4.69, 9.17) is 14.5 Å². The van der Waals surface area contributed by atoms with Crippen LogP contribution >= 0.6 is 0 Å². The van der Waals surface area contributed by atoms with Crippen LogP contribution in [0, 0.1) is 6.92 Å². The van der Waals surface area contributed by atoms with Gasteiger partial charge >= 0.3 is 0 Å². The van der Waals surface area contributed by atoms with E-state index >= 15 is 0 Å². The number of carbonyl (C=O) groups excluding carboxylic acids is 1. The zero-order valence-electron chi connectivity index (χ0n) is 18.9. The Morgan fingerprint density at radius 2 is 1.75 bits per heavy atom.